The first kappa shape index (κ1) is 24.3. The lowest BCUT2D eigenvalue weighted by Gasteiger charge is -2.31. The van der Waals surface area contributed by atoms with Gasteiger partial charge in [0.25, 0.3) is 5.91 Å². The topological polar surface area (TPSA) is 75.4 Å². The van der Waals surface area contributed by atoms with Crippen LogP contribution in [-0.4, -0.2) is 75.2 Å². The van der Waals surface area contributed by atoms with Crippen LogP contribution in [0.5, 0.6) is 0 Å². The van der Waals surface area contributed by atoms with Crippen molar-refractivity contribution in [2.75, 3.05) is 39.3 Å². The quantitative estimate of drug-likeness (QED) is 0.493. The van der Waals surface area contributed by atoms with Crippen molar-refractivity contribution in [3.63, 3.8) is 0 Å². The SMILES string of the molecule is O=C(NCCCN1CCCCC1)C1CCN(C(=O)c2cnn(-c3ccccc3)c2-n2cccc2)CC1. The summed E-state index contributed by atoms with van der Waals surface area (Å²) in [5.74, 6) is 0.789. The van der Waals surface area contributed by atoms with Crippen molar-refractivity contribution in [3.8, 4) is 11.5 Å². The van der Waals surface area contributed by atoms with Crippen molar-refractivity contribution in [1.29, 1.82) is 0 Å². The van der Waals surface area contributed by atoms with Gasteiger partial charge in [0, 0.05) is 37.9 Å². The largest absolute Gasteiger partial charge is 0.356 e. The van der Waals surface area contributed by atoms with Gasteiger partial charge in [-0.2, -0.15) is 5.10 Å². The Morgan fingerprint density at radius 2 is 1.64 bits per heavy atom. The van der Waals surface area contributed by atoms with Gasteiger partial charge >= 0.3 is 0 Å². The minimum Gasteiger partial charge on any atom is -0.356 e. The van der Waals surface area contributed by atoms with Gasteiger partial charge in [0.05, 0.1) is 11.9 Å². The molecule has 0 unspecified atom stereocenters. The summed E-state index contributed by atoms with van der Waals surface area (Å²) in [6, 6.07) is 13.7. The van der Waals surface area contributed by atoms with E-state index in [2.05, 4.69) is 15.3 Å². The second-order valence-electron chi connectivity index (χ2n) is 9.83. The molecule has 3 aromatic rings. The number of hydrogen-bond donors (Lipinski definition) is 1. The highest BCUT2D eigenvalue weighted by molar-refractivity contribution is 5.97. The second-order valence-corrected chi connectivity index (χ2v) is 9.83. The van der Waals surface area contributed by atoms with Gasteiger partial charge in [-0.05, 0) is 76.0 Å². The molecule has 2 aromatic heterocycles. The monoisotopic (exact) mass is 488 g/mol. The Labute approximate surface area is 212 Å². The molecule has 2 aliphatic rings. The Morgan fingerprint density at radius 3 is 2.36 bits per heavy atom. The first-order chi connectivity index (χ1) is 17.7. The first-order valence-corrected chi connectivity index (χ1v) is 13.3. The summed E-state index contributed by atoms with van der Waals surface area (Å²) in [6.45, 7) is 5.33. The molecule has 0 bridgehead atoms. The minimum atomic E-state index is -0.0405. The van der Waals surface area contributed by atoms with E-state index in [1.165, 1.54) is 32.4 Å². The van der Waals surface area contributed by atoms with E-state index in [4.69, 9.17) is 0 Å². The molecular weight excluding hydrogens is 452 g/mol. The lowest BCUT2D eigenvalue weighted by atomic mass is 9.95. The number of carbonyl (C=O) groups is 2. The average molecular weight is 489 g/mol. The van der Waals surface area contributed by atoms with E-state index in [-0.39, 0.29) is 17.7 Å². The van der Waals surface area contributed by atoms with Crippen molar-refractivity contribution >= 4 is 11.8 Å². The third-order valence-electron chi connectivity index (χ3n) is 7.38. The Morgan fingerprint density at radius 1 is 0.917 bits per heavy atom. The summed E-state index contributed by atoms with van der Waals surface area (Å²) in [4.78, 5) is 30.6. The third-order valence-corrected chi connectivity index (χ3v) is 7.38. The summed E-state index contributed by atoms with van der Waals surface area (Å²) < 4.78 is 3.73. The smallest absolute Gasteiger partial charge is 0.259 e. The zero-order valence-corrected chi connectivity index (χ0v) is 20.9. The maximum absolute atomic E-state index is 13.6. The van der Waals surface area contributed by atoms with E-state index in [1.54, 1.807) is 10.9 Å². The number of nitrogens with zero attached hydrogens (tertiary/aromatic N) is 5. The number of benzene rings is 1. The lowest BCUT2D eigenvalue weighted by molar-refractivity contribution is -0.126. The minimum absolute atomic E-state index is 0.0278. The summed E-state index contributed by atoms with van der Waals surface area (Å²) in [6.07, 6.45) is 11.8. The van der Waals surface area contributed by atoms with Crippen molar-refractivity contribution in [2.24, 2.45) is 5.92 Å². The molecule has 0 radical (unpaired) electrons. The van der Waals surface area contributed by atoms with E-state index < -0.39 is 0 Å². The number of likely N-dealkylation sites (tertiary alicyclic amines) is 2. The number of carbonyl (C=O) groups excluding carboxylic acids is 2. The van der Waals surface area contributed by atoms with Gasteiger partial charge in [-0.25, -0.2) is 4.68 Å². The molecule has 2 amide bonds. The molecule has 0 atom stereocenters. The van der Waals surface area contributed by atoms with E-state index in [1.807, 2.05) is 64.3 Å². The normalized spacial score (nSPS) is 17.3. The zero-order chi connectivity index (χ0) is 24.7. The number of hydrogen-bond acceptors (Lipinski definition) is 4. The molecule has 2 fully saturated rings. The van der Waals surface area contributed by atoms with Crippen LogP contribution in [0.3, 0.4) is 0 Å². The molecule has 36 heavy (non-hydrogen) atoms. The Kier molecular flexibility index (Phi) is 7.81. The second kappa shape index (κ2) is 11.6. The molecule has 2 aliphatic heterocycles. The maximum Gasteiger partial charge on any atom is 0.259 e. The van der Waals surface area contributed by atoms with Crippen LogP contribution in [0.4, 0.5) is 0 Å². The molecule has 190 valence electrons. The molecule has 8 heteroatoms. The number of aromatic nitrogens is 3. The van der Waals surface area contributed by atoms with Crippen molar-refractivity contribution in [3.05, 3.63) is 66.6 Å². The molecule has 1 N–H and O–H groups in total. The van der Waals surface area contributed by atoms with Crippen molar-refractivity contribution in [1.82, 2.24) is 29.5 Å². The molecular formula is C28H36N6O2. The number of para-hydroxylation sites is 1. The van der Waals surface area contributed by atoms with Crippen LogP contribution in [-0.2, 0) is 4.79 Å². The number of rotatable bonds is 8. The summed E-state index contributed by atoms with van der Waals surface area (Å²) in [7, 11) is 0. The predicted octanol–water partition coefficient (Wildman–Crippen LogP) is 3.51. The molecule has 0 spiro atoms. The average Bonchev–Trinajstić information content (AvgIpc) is 3.62. The van der Waals surface area contributed by atoms with Crippen LogP contribution >= 0.6 is 0 Å². The van der Waals surface area contributed by atoms with Crippen molar-refractivity contribution in [2.45, 2.75) is 38.5 Å². The predicted molar refractivity (Wildman–Crippen MR) is 139 cm³/mol. The van der Waals surface area contributed by atoms with Gasteiger partial charge < -0.3 is 19.7 Å². The fourth-order valence-corrected chi connectivity index (χ4v) is 5.33. The van der Waals surface area contributed by atoms with Crippen LogP contribution in [0.25, 0.3) is 11.5 Å². The zero-order valence-electron chi connectivity index (χ0n) is 20.9. The number of nitrogens with one attached hydrogen (secondary N) is 1. The molecule has 8 nitrogen and oxygen atoms in total. The lowest BCUT2D eigenvalue weighted by Crippen LogP contribution is -2.43. The molecule has 5 rings (SSSR count). The highest BCUT2D eigenvalue weighted by Gasteiger charge is 2.30. The van der Waals surface area contributed by atoms with E-state index >= 15 is 0 Å². The van der Waals surface area contributed by atoms with E-state index in [9.17, 15) is 9.59 Å². The highest BCUT2D eigenvalue weighted by Crippen LogP contribution is 2.24. The Balaban J connectivity index is 1.17. The fourth-order valence-electron chi connectivity index (χ4n) is 5.33. The van der Waals surface area contributed by atoms with Crippen LogP contribution < -0.4 is 5.32 Å². The number of piperidine rings is 2. The van der Waals surface area contributed by atoms with Gasteiger partial charge in [0.2, 0.25) is 5.91 Å². The summed E-state index contributed by atoms with van der Waals surface area (Å²) in [5.41, 5.74) is 1.46. The summed E-state index contributed by atoms with van der Waals surface area (Å²) >= 11 is 0. The molecule has 0 aliphatic carbocycles. The first-order valence-electron chi connectivity index (χ1n) is 13.3. The van der Waals surface area contributed by atoms with Gasteiger partial charge in [0.15, 0.2) is 5.82 Å². The summed E-state index contributed by atoms with van der Waals surface area (Å²) in [5, 5.41) is 7.69. The molecule has 4 heterocycles. The molecule has 1 aromatic carbocycles. The van der Waals surface area contributed by atoms with Crippen LogP contribution in [0.1, 0.15) is 48.9 Å². The Bertz CT molecular complexity index is 1130. The molecule has 2 saturated heterocycles. The van der Waals surface area contributed by atoms with E-state index in [0.29, 0.717) is 31.5 Å². The van der Waals surface area contributed by atoms with Gasteiger partial charge in [-0.1, -0.05) is 24.6 Å². The molecule has 0 saturated carbocycles. The van der Waals surface area contributed by atoms with Gasteiger partial charge in [-0.15, -0.1) is 0 Å². The number of amides is 2. The third kappa shape index (κ3) is 5.54. The van der Waals surface area contributed by atoms with Crippen LogP contribution in [0, 0.1) is 5.92 Å². The Hall–Kier alpha value is -3.39. The van der Waals surface area contributed by atoms with E-state index in [0.717, 1.165) is 31.0 Å². The highest BCUT2D eigenvalue weighted by atomic mass is 16.2. The fraction of sp³-hybridized carbons (Fsp3) is 0.464. The van der Waals surface area contributed by atoms with Gasteiger partial charge in [-0.3, -0.25) is 9.59 Å². The van der Waals surface area contributed by atoms with Crippen LogP contribution in [0.2, 0.25) is 0 Å². The standard InChI is InChI=1S/C28H36N6O2/c35-26(29-14-9-17-31-15-5-2-6-16-31)23-12-20-33(21-13-23)28(36)25-22-30-34(24-10-3-1-4-11-24)27(25)32-18-7-8-19-32/h1,3-4,7-8,10-11,18-19,22-23H,2,5-6,9,12-17,20-21H2,(H,29,35). The van der Waals surface area contributed by atoms with Gasteiger partial charge in [0.1, 0.15) is 5.56 Å². The van der Waals surface area contributed by atoms with Crippen molar-refractivity contribution < 1.29 is 9.59 Å². The maximum atomic E-state index is 13.6. The van der Waals surface area contributed by atoms with Crippen LogP contribution in [0.15, 0.2) is 61.1 Å².